The van der Waals surface area contributed by atoms with Crippen molar-refractivity contribution in [2.45, 2.75) is 31.6 Å². The van der Waals surface area contributed by atoms with Crippen molar-refractivity contribution >= 4 is 12.2 Å². The van der Waals surface area contributed by atoms with Gasteiger partial charge in [0.25, 0.3) is 0 Å². The number of aromatic nitrogens is 1. The number of rotatable bonds is 10. The van der Waals surface area contributed by atoms with Crippen molar-refractivity contribution in [2.24, 2.45) is 0 Å². The first-order valence-electron chi connectivity index (χ1n) is 14.8. The van der Waals surface area contributed by atoms with Gasteiger partial charge in [-0.3, -0.25) is 9.80 Å². The number of β-amino-alcohol motifs (C(OH)–C–C–N with tert-alkyl or cyclic N) is 1. The summed E-state index contributed by atoms with van der Waals surface area (Å²) in [5, 5.41) is 14.9. The highest BCUT2D eigenvalue weighted by molar-refractivity contribution is 5.71. The van der Waals surface area contributed by atoms with Crippen LogP contribution in [0.1, 0.15) is 45.3 Å². The van der Waals surface area contributed by atoms with E-state index in [0.717, 1.165) is 50.3 Å². The van der Waals surface area contributed by atoms with Gasteiger partial charge in [0, 0.05) is 51.5 Å². The maximum atomic E-state index is 10.9. The summed E-state index contributed by atoms with van der Waals surface area (Å²) in [6.07, 6.45) is 5.42. The van der Waals surface area contributed by atoms with Crippen molar-refractivity contribution in [3.8, 4) is 5.75 Å². The molecule has 4 aromatic rings. The summed E-state index contributed by atoms with van der Waals surface area (Å²) in [7, 11) is 1.62. The van der Waals surface area contributed by atoms with Crippen molar-refractivity contribution in [1.29, 1.82) is 0 Å². The Hall–Kier alpha value is -3.75. The van der Waals surface area contributed by atoms with E-state index in [2.05, 4.69) is 63.5 Å². The van der Waals surface area contributed by atoms with Gasteiger partial charge in [0.05, 0.1) is 6.04 Å². The van der Waals surface area contributed by atoms with Crippen LogP contribution < -0.4 is 4.74 Å². The number of piperazine rings is 1. The molecule has 7 heteroatoms. The van der Waals surface area contributed by atoms with Gasteiger partial charge in [-0.1, -0.05) is 71.9 Å². The van der Waals surface area contributed by atoms with Crippen LogP contribution in [0.2, 0.25) is 0 Å². The monoisotopic (exact) mass is 565 g/mol. The Balaban J connectivity index is 1.04. The highest BCUT2D eigenvalue weighted by atomic mass is 16.5. The van der Waals surface area contributed by atoms with E-state index in [9.17, 15) is 5.11 Å². The van der Waals surface area contributed by atoms with E-state index in [1.165, 1.54) is 22.3 Å². The normalized spacial score (nSPS) is 17.1. The summed E-state index contributed by atoms with van der Waals surface area (Å²) < 4.78 is 16.4. The number of methoxy groups -OCH3 is 1. The molecule has 0 bridgehead atoms. The summed E-state index contributed by atoms with van der Waals surface area (Å²) in [4.78, 5) is 4.98. The standard InChI is InChI=1S/C35H39N3O4/c1-40-25-31-22-29(36-42-31)17-16-28-10-4-7-13-34(28)41-24-30(39)23-37-18-20-38(21-19-37)35-32-11-5-2-8-26(32)14-15-27-9-3-6-12-33(27)35/h2-13,16-17,22,30,35,39H,14-15,18-21,23-25H2,1H3/b17-16+. The molecule has 2 aliphatic rings. The molecule has 1 fully saturated rings. The second kappa shape index (κ2) is 13.5. The van der Waals surface area contributed by atoms with E-state index in [0.29, 0.717) is 24.6 Å². The lowest BCUT2D eigenvalue weighted by molar-refractivity contribution is 0.0400. The quantitative estimate of drug-likeness (QED) is 0.282. The highest BCUT2D eigenvalue weighted by Crippen LogP contribution is 2.37. The fraction of sp³-hybridized carbons (Fsp3) is 0.343. The van der Waals surface area contributed by atoms with E-state index >= 15 is 0 Å². The Morgan fingerprint density at radius 3 is 2.29 bits per heavy atom. The molecule has 0 spiro atoms. The summed E-state index contributed by atoms with van der Waals surface area (Å²) in [6, 6.07) is 27.8. The minimum atomic E-state index is -0.583. The molecule has 1 N–H and O–H groups in total. The van der Waals surface area contributed by atoms with Gasteiger partial charge in [0.15, 0.2) is 5.76 Å². The molecule has 1 aromatic heterocycles. The van der Waals surface area contributed by atoms with Gasteiger partial charge in [-0.05, 0) is 53.3 Å². The van der Waals surface area contributed by atoms with E-state index in [1.54, 1.807) is 7.11 Å². The smallest absolute Gasteiger partial charge is 0.162 e. The average molecular weight is 566 g/mol. The first kappa shape index (κ1) is 28.4. The zero-order valence-electron chi connectivity index (χ0n) is 24.2. The fourth-order valence-corrected chi connectivity index (χ4v) is 6.17. The predicted octanol–water partition coefficient (Wildman–Crippen LogP) is 5.24. The summed E-state index contributed by atoms with van der Waals surface area (Å²) >= 11 is 0. The van der Waals surface area contributed by atoms with Crippen LogP contribution in [0.5, 0.6) is 5.75 Å². The first-order valence-corrected chi connectivity index (χ1v) is 14.8. The number of hydrogen-bond donors (Lipinski definition) is 1. The van der Waals surface area contributed by atoms with E-state index in [4.69, 9.17) is 14.0 Å². The van der Waals surface area contributed by atoms with Gasteiger partial charge >= 0.3 is 0 Å². The van der Waals surface area contributed by atoms with Gasteiger partial charge in [-0.25, -0.2) is 0 Å². The van der Waals surface area contributed by atoms with Crippen molar-refractivity contribution in [3.05, 3.63) is 118 Å². The number of nitrogens with zero attached hydrogens (tertiary/aromatic N) is 3. The number of aryl methyl sites for hydroxylation is 2. The first-order chi connectivity index (χ1) is 20.7. The maximum absolute atomic E-state index is 10.9. The lowest BCUT2D eigenvalue weighted by Crippen LogP contribution is -2.50. The third-order valence-electron chi connectivity index (χ3n) is 8.25. The number of hydrogen-bond acceptors (Lipinski definition) is 7. The molecule has 3 aromatic carbocycles. The molecule has 0 amide bonds. The van der Waals surface area contributed by atoms with Gasteiger partial charge in [-0.2, -0.15) is 0 Å². The van der Waals surface area contributed by atoms with Crippen LogP contribution in [-0.2, 0) is 24.2 Å². The molecule has 6 rings (SSSR count). The van der Waals surface area contributed by atoms with E-state index < -0.39 is 6.10 Å². The average Bonchev–Trinajstić information content (AvgIpc) is 3.40. The van der Waals surface area contributed by atoms with Crippen molar-refractivity contribution in [3.63, 3.8) is 0 Å². The molecule has 1 aliphatic heterocycles. The van der Waals surface area contributed by atoms with Crippen molar-refractivity contribution < 1.29 is 19.1 Å². The van der Waals surface area contributed by atoms with Crippen LogP contribution in [0.15, 0.2) is 83.4 Å². The number of aliphatic hydroxyl groups is 1. The van der Waals surface area contributed by atoms with Crippen LogP contribution in [0.25, 0.3) is 12.2 Å². The topological polar surface area (TPSA) is 71.2 Å². The van der Waals surface area contributed by atoms with Gasteiger partial charge < -0.3 is 19.1 Å². The molecule has 218 valence electrons. The number of ether oxygens (including phenoxy) is 2. The fourth-order valence-electron chi connectivity index (χ4n) is 6.17. The minimum absolute atomic E-state index is 0.233. The molecule has 0 radical (unpaired) electrons. The molecule has 1 saturated heterocycles. The molecule has 0 saturated carbocycles. The Kier molecular flexibility index (Phi) is 9.11. The third-order valence-corrected chi connectivity index (χ3v) is 8.25. The zero-order valence-corrected chi connectivity index (χ0v) is 24.2. The molecule has 1 atom stereocenters. The molecule has 1 unspecified atom stereocenters. The van der Waals surface area contributed by atoms with Crippen LogP contribution in [-0.4, -0.2) is 72.6 Å². The predicted molar refractivity (Wildman–Crippen MR) is 164 cm³/mol. The molecular weight excluding hydrogens is 526 g/mol. The SMILES string of the molecule is COCc1cc(/C=C/c2ccccc2OCC(O)CN2CCN(C3c4ccccc4CCc4ccccc43)CC2)no1. The molecule has 2 heterocycles. The highest BCUT2D eigenvalue weighted by Gasteiger charge is 2.31. The Bertz CT molecular complexity index is 1440. The van der Waals surface area contributed by atoms with Gasteiger partial charge in [0.2, 0.25) is 0 Å². The summed E-state index contributed by atoms with van der Waals surface area (Å²) in [6.45, 7) is 4.96. The Morgan fingerprint density at radius 2 is 1.57 bits per heavy atom. The summed E-state index contributed by atoms with van der Waals surface area (Å²) in [5.41, 5.74) is 7.43. The van der Waals surface area contributed by atoms with Crippen LogP contribution >= 0.6 is 0 Å². The van der Waals surface area contributed by atoms with Gasteiger partial charge in [0.1, 0.15) is 30.8 Å². The van der Waals surface area contributed by atoms with Crippen LogP contribution in [0.4, 0.5) is 0 Å². The Morgan fingerprint density at radius 1 is 0.905 bits per heavy atom. The second-order valence-electron chi connectivity index (χ2n) is 11.1. The largest absolute Gasteiger partial charge is 0.490 e. The molecule has 42 heavy (non-hydrogen) atoms. The zero-order chi connectivity index (χ0) is 28.7. The van der Waals surface area contributed by atoms with Crippen molar-refractivity contribution in [2.75, 3.05) is 46.4 Å². The number of aliphatic hydroxyl groups excluding tert-OH is 1. The van der Waals surface area contributed by atoms with Gasteiger partial charge in [-0.15, -0.1) is 0 Å². The lowest BCUT2D eigenvalue weighted by atomic mass is 9.92. The van der Waals surface area contributed by atoms with Crippen LogP contribution in [0, 0.1) is 0 Å². The maximum Gasteiger partial charge on any atom is 0.162 e. The molecule has 1 aliphatic carbocycles. The molecular formula is C35H39N3O4. The number of benzene rings is 3. The number of fused-ring (bicyclic) bond motifs is 2. The van der Waals surface area contributed by atoms with E-state index in [1.807, 2.05) is 42.5 Å². The lowest BCUT2D eigenvalue weighted by Gasteiger charge is -2.40. The third kappa shape index (κ3) is 6.66. The summed E-state index contributed by atoms with van der Waals surface area (Å²) in [5.74, 6) is 1.40. The molecule has 7 nitrogen and oxygen atoms in total. The number of para-hydroxylation sites is 1. The second-order valence-corrected chi connectivity index (χ2v) is 11.1. The minimum Gasteiger partial charge on any atom is -0.490 e. The van der Waals surface area contributed by atoms with E-state index in [-0.39, 0.29) is 12.6 Å². The Labute approximate surface area is 248 Å². The van der Waals surface area contributed by atoms with Crippen LogP contribution in [0.3, 0.4) is 0 Å². The van der Waals surface area contributed by atoms with Crippen molar-refractivity contribution in [1.82, 2.24) is 15.0 Å².